The average molecular weight is 266 g/mol. The van der Waals surface area contributed by atoms with Crippen molar-refractivity contribution in [2.45, 2.75) is 44.6 Å². The highest BCUT2D eigenvalue weighted by Crippen LogP contribution is 2.17. The molecule has 18 heavy (non-hydrogen) atoms. The van der Waals surface area contributed by atoms with Gasteiger partial charge in [-0.1, -0.05) is 24.6 Å². The number of nitrogens with zero attached hydrogens (tertiary/aromatic N) is 1. The zero-order chi connectivity index (χ0) is 13.8. The summed E-state index contributed by atoms with van der Waals surface area (Å²) in [7, 11) is -3.54. The van der Waals surface area contributed by atoms with Gasteiger partial charge >= 0.3 is 0 Å². The van der Waals surface area contributed by atoms with Crippen LogP contribution in [0, 0.1) is 25.2 Å². The first-order valence-corrected chi connectivity index (χ1v) is 7.35. The van der Waals surface area contributed by atoms with Crippen LogP contribution in [0.1, 0.15) is 30.9 Å². The minimum absolute atomic E-state index is 0.181. The predicted molar refractivity (Wildman–Crippen MR) is 70.5 cm³/mol. The zero-order valence-corrected chi connectivity index (χ0v) is 11.7. The summed E-state index contributed by atoms with van der Waals surface area (Å²) in [6.07, 6.45) is 0.776. The molecule has 0 bridgehead atoms. The molecule has 0 aliphatic carbocycles. The van der Waals surface area contributed by atoms with Crippen LogP contribution < -0.4 is 4.72 Å². The van der Waals surface area contributed by atoms with Crippen molar-refractivity contribution in [3.05, 3.63) is 29.3 Å². The van der Waals surface area contributed by atoms with Crippen molar-refractivity contribution in [2.75, 3.05) is 0 Å². The van der Waals surface area contributed by atoms with E-state index in [1.807, 2.05) is 26.0 Å². The number of rotatable bonds is 5. The Morgan fingerprint density at radius 1 is 1.39 bits per heavy atom. The molecule has 98 valence electrons. The van der Waals surface area contributed by atoms with Gasteiger partial charge in [0.15, 0.2) is 0 Å². The van der Waals surface area contributed by atoms with Gasteiger partial charge in [0, 0.05) is 6.04 Å². The summed E-state index contributed by atoms with van der Waals surface area (Å²) in [6, 6.07) is 6.86. The van der Waals surface area contributed by atoms with E-state index in [0.717, 1.165) is 5.56 Å². The lowest BCUT2D eigenvalue weighted by Crippen LogP contribution is -2.34. The summed E-state index contributed by atoms with van der Waals surface area (Å²) in [5, 5.41) is 8.64. The molecular weight excluding hydrogens is 248 g/mol. The molecule has 0 heterocycles. The molecule has 0 spiro atoms. The summed E-state index contributed by atoms with van der Waals surface area (Å²) >= 11 is 0. The van der Waals surface area contributed by atoms with Crippen molar-refractivity contribution in [1.82, 2.24) is 4.72 Å². The first-order chi connectivity index (χ1) is 8.40. The summed E-state index contributed by atoms with van der Waals surface area (Å²) in [6.45, 7) is 5.54. The lowest BCUT2D eigenvalue weighted by atomic mass is 10.2. The summed E-state index contributed by atoms with van der Waals surface area (Å²) in [4.78, 5) is 0.282. The van der Waals surface area contributed by atoms with Crippen LogP contribution in [0.2, 0.25) is 0 Å². The predicted octanol–water partition coefficient (Wildman–Crippen LogP) is 2.27. The fourth-order valence-corrected chi connectivity index (χ4v) is 3.31. The van der Waals surface area contributed by atoms with Crippen LogP contribution in [0.15, 0.2) is 23.1 Å². The summed E-state index contributed by atoms with van der Waals surface area (Å²) in [5.74, 6) is 0. The van der Waals surface area contributed by atoms with Crippen molar-refractivity contribution >= 4 is 10.0 Å². The van der Waals surface area contributed by atoms with E-state index >= 15 is 0 Å². The highest BCUT2D eigenvalue weighted by molar-refractivity contribution is 7.89. The molecule has 0 fully saturated rings. The molecule has 0 aliphatic rings. The first kappa shape index (κ1) is 14.7. The summed E-state index contributed by atoms with van der Waals surface area (Å²) in [5.41, 5.74) is 1.74. The standard InChI is InChI=1S/C13H18N2O2S/c1-4-12(7-8-14)15-18(16,17)13-6-5-10(2)9-11(13)3/h5-6,9,12,15H,4,7H2,1-3H3. The number of nitrogens with one attached hydrogen (secondary N) is 1. The quantitative estimate of drug-likeness (QED) is 0.888. The van der Waals surface area contributed by atoms with E-state index in [1.54, 1.807) is 19.1 Å². The number of benzene rings is 1. The van der Waals surface area contributed by atoms with Crippen LogP contribution in [0.5, 0.6) is 0 Å². The van der Waals surface area contributed by atoms with Gasteiger partial charge in [-0.2, -0.15) is 5.26 Å². The fourth-order valence-electron chi connectivity index (χ4n) is 1.76. The van der Waals surface area contributed by atoms with Crippen LogP contribution in [-0.4, -0.2) is 14.5 Å². The first-order valence-electron chi connectivity index (χ1n) is 5.87. The third-order valence-corrected chi connectivity index (χ3v) is 4.45. The van der Waals surface area contributed by atoms with Gasteiger partial charge in [0.2, 0.25) is 10.0 Å². The number of sulfonamides is 1. The molecular formula is C13H18N2O2S. The Kier molecular flexibility index (Phi) is 4.88. The van der Waals surface area contributed by atoms with Crippen molar-refractivity contribution in [1.29, 1.82) is 5.26 Å². The second kappa shape index (κ2) is 5.98. The van der Waals surface area contributed by atoms with E-state index < -0.39 is 10.0 Å². The molecule has 1 rings (SSSR count). The van der Waals surface area contributed by atoms with E-state index in [1.165, 1.54) is 0 Å². The number of hydrogen-bond donors (Lipinski definition) is 1. The van der Waals surface area contributed by atoms with Crippen molar-refractivity contribution < 1.29 is 8.42 Å². The van der Waals surface area contributed by atoms with Crippen LogP contribution in [0.25, 0.3) is 0 Å². The third kappa shape index (κ3) is 3.56. The Bertz CT molecular complexity index is 559. The van der Waals surface area contributed by atoms with Gasteiger partial charge in [0.25, 0.3) is 0 Å². The molecule has 0 saturated carbocycles. The topological polar surface area (TPSA) is 70.0 Å². The van der Waals surface area contributed by atoms with Crippen LogP contribution in [0.4, 0.5) is 0 Å². The monoisotopic (exact) mass is 266 g/mol. The van der Waals surface area contributed by atoms with Gasteiger partial charge in [-0.15, -0.1) is 0 Å². The highest BCUT2D eigenvalue weighted by Gasteiger charge is 2.20. The second-order valence-corrected chi connectivity index (χ2v) is 6.04. The maximum absolute atomic E-state index is 12.2. The molecule has 1 aromatic rings. The Hall–Kier alpha value is -1.38. The maximum atomic E-state index is 12.2. The minimum atomic E-state index is -3.54. The molecule has 0 radical (unpaired) electrons. The third-order valence-electron chi connectivity index (χ3n) is 2.77. The molecule has 1 atom stereocenters. The molecule has 0 aromatic heterocycles. The van der Waals surface area contributed by atoms with Gasteiger partial charge in [0.05, 0.1) is 17.4 Å². The molecule has 0 amide bonds. The van der Waals surface area contributed by atoms with E-state index in [0.29, 0.717) is 12.0 Å². The van der Waals surface area contributed by atoms with Crippen molar-refractivity contribution in [2.24, 2.45) is 0 Å². The van der Waals surface area contributed by atoms with E-state index in [9.17, 15) is 8.42 Å². The van der Waals surface area contributed by atoms with E-state index in [2.05, 4.69) is 4.72 Å². The van der Waals surface area contributed by atoms with Crippen LogP contribution in [-0.2, 0) is 10.0 Å². The molecule has 0 aliphatic heterocycles. The zero-order valence-electron chi connectivity index (χ0n) is 10.9. The Morgan fingerprint density at radius 3 is 2.56 bits per heavy atom. The van der Waals surface area contributed by atoms with Gasteiger partial charge in [0.1, 0.15) is 0 Å². The Morgan fingerprint density at radius 2 is 2.06 bits per heavy atom. The molecule has 1 N–H and O–H groups in total. The highest BCUT2D eigenvalue weighted by atomic mass is 32.2. The van der Waals surface area contributed by atoms with E-state index in [4.69, 9.17) is 5.26 Å². The molecule has 0 saturated heterocycles. The fraction of sp³-hybridized carbons (Fsp3) is 0.462. The average Bonchev–Trinajstić information content (AvgIpc) is 2.27. The molecule has 1 aromatic carbocycles. The number of nitriles is 1. The molecule has 5 heteroatoms. The SMILES string of the molecule is CCC(CC#N)NS(=O)(=O)c1ccc(C)cc1C. The van der Waals surface area contributed by atoms with Gasteiger partial charge in [-0.3, -0.25) is 0 Å². The van der Waals surface area contributed by atoms with Gasteiger partial charge in [-0.05, 0) is 31.9 Å². The second-order valence-electron chi connectivity index (χ2n) is 4.36. The van der Waals surface area contributed by atoms with Crippen molar-refractivity contribution in [3.63, 3.8) is 0 Å². The van der Waals surface area contributed by atoms with E-state index in [-0.39, 0.29) is 17.4 Å². The maximum Gasteiger partial charge on any atom is 0.241 e. The largest absolute Gasteiger partial charge is 0.241 e. The van der Waals surface area contributed by atoms with Crippen molar-refractivity contribution in [3.8, 4) is 6.07 Å². The van der Waals surface area contributed by atoms with Gasteiger partial charge < -0.3 is 0 Å². The smallest absolute Gasteiger partial charge is 0.207 e. The summed E-state index contributed by atoms with van der Waals surface area (Å²) < 4.78 is 26.9. The molecule has 4 nitrogen and oxygen atoms in total. The Labute approximate surface area is 109 Å². The van der Waals surface area contributed by atoms with Crippen LogP contribution >= 0.6 is 0 Å². The van der Waals surface area contributed by atoms with Gasteiger partial charge in [-0.25, -0.2) is 13.1 Å². The lowest BCUT2D eigenvalue weighted by molar-refractivity contribution is 0.542. The van der Waals surface area contributed by atoms with Crippen LogP contribution in [0.3, 0.4) is 0 Å². The number of hydrogen-bond acceptors (Lipinski definition) is 3. The lowest BCUT2D eigenvalue weighted by Gasteiger charge is -2.15. The number of aryl methyl sites for hydroxylation is 2. The Balaban J connectivity index is 3.03. The normalized spacial score (nSPS) is 13.0. The minimum Gasteiger partial charge on any atom is -0.207 e. The molecule has 1 unspecified atom stereocenters.